The van der Waals surface area contributed by atoms with Crippen molar-refractivity contribution in [3.8, 4) is 0 Å². The van der Waals surface area contributed by atoms with E-state index in [0.717, 1.165) is 11.6 Å². The highest BCUT2D eigenvalue weighted by molar-refractivity contribution is 7.98. The highest BCUT2D eigenvalue weighted by atomic mass is 32.2. The quantitative estimate of drug-likeness (QED) is 0.353. The van der Waals surface area contributed by atoms with Gasteiger partial charge in [0.25, 0.3) is 11.6 Å². The fraction of sp³-hybridized carbons (Fsp3) is 0.176. The summed E-state index contributed by atoms with van der Waals surface area (Å²) in [6.45, 7) is -0.130. The van der Waals surface area contributed by atoms with Crippen molar-refractivity contribution in [2.24, 2.45) is 0 Å². The average molecular weight is 360 g/mol. The lowest BCUT2D eigenvalue weighted by atomic mass is 10.2. The number of carbonyl (C=O) groups excluding carboxylic acids is 2. The molecule has 8 heteroatoms. The van der Waals surface area contributed by atoms with Crippen LogP contribution in [0, 0.1) is 10.1 Å². The van der Waals surface area contributed by atoms with Crippen LogP contribution in [-0.2, 0) is 16.1 Å². The smallest absolute Gasteiger partial charge is 0.338 e. The van der Waals surface area contributed by atoms with Crippen LogP contribution in [0.25, 0.3) is 0 Å². The second kappa shape index (κ2) is 8.84. The van der Waals surface area contributed by atoms with E-state index in [0.29, 0.717) is 11.4 Å². The first-order valence-corrected chi connectivity index (χ1v) is 8.54. The van der Waals surface area contributed by atoms with Gasteiger partial charge in [0.2, 0.25) is 0 Å². The zero-order valence-electron chi connectivity index (χ0n) is 13.4. The summed E-state index contributed by atoms with van der Waals surface area (Å²) < 4.78 is 4.91. The second-order valence-corrected chi connectivity index (χ2v) is 5.83. The number of hydrogen-bond donors (Lipinski definition) is 1. The Morgan fingerprint density at radius 2 is 1.92 bits per heavy atom. The number of nitrogens with one attached hydrogen (secondary N) is 1. The lowest BCUT2D eigenvalue weighted by molar-refractivity contribution is -0.387. The van der Waals surface area contributed by atoms with Crippen LogP contribution in [0.1, 0.15) is 15.9 Å². The normalized spacial score (nSPS) is 10.1. The van der Waals surface area contributed by atoms with E-state index in [9.17, 15) is 19.7 Å². The van der Waals surface area contributed by atoms with Gasteiger partial charge in [-0.3, -0.25) is 14.9 Å². The molecular weight excluding hydrogens is 344 g/mol. The minimum atomic E-state index is -0.786. The Balaban J connectivity index is 1.90. The molecule has 130 valence electrons. The van der Waals surface area contributed by atoms with Gasteiger partial charge < -0.3 is 10.1 Å². The Morgan fingerprint density at radius 3 is 2.56 bits per heavy atom. The van der Waals surface area contributed by atoms with Crippen molar-refractivity contribution in [1.82, 2.24) is 5.32 Å². The standard InChI is InChI=1S/C17H16N2O5S/c1-25-15-8-7-13(9-14(15)19(22)23)17(21)24-11-16(20)18-10-12-5-3-2-4-6-12/h2-9H,10-11H2,1H3,(H,18,20). The van der Waals surface area contributed by atoms with E-state index in [4.69, 9.17) is 4.74 Å². The summed E-state index contributed by atoms with van der Waals surface area (Å²) in [4.78, 5) is 34.6. The summed E-state index contributed by atoms with van der Waals surface area (Å²) in [5.74, 6) is -1.24. The minimum absolute atomic E-state index is 0.0281. The Labute approximate surface area is 148 Å². The Morgan fingerprint density at radius 1 is 1.20 bits per heavy atom. The molecule has 2 rings (SSSR count). The van der Waals surface area contributed by atoms with Crippen LogP contribution in [0.5, 0.6) is 0 Å². The van der Waals surface area contributed by atoms with Gasteiger partial charge in [-0.25, -0.2) is 4.79 Å². The van der Waals surface area contributed by atoms with Gasteiger partial charge in [0, 0.05) is 12.6 Å². The van der Waals surface area contributed by atoms with Crippen molar-refractivity contribution in [2.45, 2.75) is 11.4 Å². The Bertz CT molecular complexity index is 780. The number of benzene rings is 2. The molecule has 2 aromatic carbocycles. The minimum Gasteiger partial charge on any atom is -0.452 e. The van der Waals surface area contributed by atoms with Gasteiger partial charge in [-0.15, -0.1) is 11.8 Å². The molecule has 0 spiro atoms. The van der Waals surface area contributed by atoms with Crippen molar-refractivity contribution in [1.29, 1.82) is 0 Å². The van der Waals surface area contributed by atoms with E-state index < -0.39 is 23.4 Å². The van der Waals surface area contributed by atoms with Gasteiger partial charge in [0.1, 0.15) is 0 Å². The molecule has 0 bridgehead atoms. The van der Waals surface area contributed by atoms with Crippen LogP contribution in [0.2, 0.25) is 0 Å². The third-order valence-corrected chi connectivity index (χ3v) is 4.06. The number of carbonyl (C=O) groups is 2. The van der Waals surface area contributed by atoms with Crippen LogP contribution >= 0.6 is 11.8 Å². The van der Waals surface area contributed by atoms with Crippen molar-refractivity contribution in [3.63, 3.8) is 0 Å². The first-order valence-electron chi connectivity index (χ1n) is 7.31. The zero-order chi connectivity index (χ0) is 18.2. The molecule has 2 aromatic rings. The molecule has 7 nitrogen and oxygen atoms in total. The van der Waals surface area contributed by atoms with Gasteiger partial charge in [0.15, 0.2) is 6.61 Å². The molecule has 0 fully saturated rings. The third kappa shape index (κ3) is 5.32. The number of thioether (sulfide) groups is 1. The summed E-state index contributed by atoms with van der Waals surface area (Å²) in [5.41, 5.74) is 0.779. The molecule has 0 aliphatic rings. The molecule has 0 aliphatic carbocycles. The van der Waals surface area contributed by atoms with Crippen molar-refractivity contribution >= 4 is 29.3 Å². The van der Waals surface area contributed by atoms with Gasteiger partial charge in [-0.2, -0.15) is 0 Å². The highest BCUT2D eigenvalue weighted by Gasteiger charge is 2.18. The van der Waals surface area contributed by atoms with Crippen LogP contribution in [-0.4, -0.2) is 29.7 Å². The molecule has 0 heterocycles. The third-order valence-electron chi connectivity index (χ3n) is 3.28. The fourth-order valence-electron chi connectivity index (χ4n) is 2.02. The van der Waals surface area contributed by atoms with E-state index >= 15 is 0 Å². The number of amides is 1. The second-order valence-electron chi connectivity index (χ2n) is 4.98. The molecule has 0 saturated carbocycles. The van der Waals surface area contributed by atoms with Crippen molar-refractivity contribution < 1.29 is 19.2 Å². The lowest BCUT2D eigenvalue weighted by Gasteiger charge is -2.07. The molecular formula is C17H16N2O5S. The largest absolute Gasteiger partial charge is 0.452 e. The molecule has 0 saturated heterocycles. The number of nitro benzene ring substituents is 1. The van der Waals surface area contributed by atoms with Crippen LogP contribution in [0.15, 0.2) is 53.4 Å². The molecule has 1 N–H and O–H groups in total. The summed E-state index contributed by atoms with van der Waals surface area (Å²) in [7, 11) is 0. The van der Waals surface area contributed by atoms with Gasteiger partial charge in [-0.05, 0) is 24.0 Å². The molecule has 1 amide bonds. The SMILES string of the molecule is CSc1ccc(C(=O)OCC(=O)NCc2ccccc2)cc1[N+](=O)[O-]. The number of nitrogens with zero attached hydrogens (tertiary/aromatic N) is 1. The zero-order valence-corrected chi connectivity index (χ0v) is 14.2. The average Bonchev–Trinajstić information content (AvgIpc) is 2.64. The molecule has 0 aromatic heterocycles. The number of rotatable bonds is 7. The number of hydrogen-bond acceptors (Lipinski definition) is 6. The van der Waals surface area contributed by atoms with E-state index in [1.807, 2.05) is 30.3 Å². The van der Waals surface area contributed by atoms with Crippen LogP contribution < -0.4 is 5.32 Å². The molecule has 0 unspecified atom stereocenters. The van der Waals surface area contributed by atoms with E-state index in [1.165, 1.54) is 23.9 Å². The first kappa shape index (κ1) is 18.5. The first-order chi connectivity index (χ1) is 12.0. The highest BCUT2D eigenvalue weighted by Crippen LogP contribution is 2.28. The summed E-state index contributed by atoms with van der Waals surface area (Å²) >= 11 is 1.21. The number of esters is 1. The molecule has 0 atom stereocenters. The number of ether oxygens (including phenoxy) is 1. The van der Waals surface area contributed by atoms with E-state index in [1.54, 1.807) is 6.26 Å². The van der Waals surface area contributed by atoms with Gasteiger partial charge in [0.05, 0.1) is 15.4 Å². The van der Waals surface area contributed by atoms with E-state index in [2.05, 4.69) is 5.32 Å². The van der Waals surface area contributed by atoms with Crippen LogP contribution in [0.4, 0.5) is 5.69 Å². The topological polar surface area (TPSA) is 98.5 Å². The molecule has 25 heavy (non-hydrogen) atoms. The summed E-state index contributed by atoms with van der Waals surface area (Å²) in [6, 6.07) is 13.4. The Hall–Kier alpha value is -2.87. The van der Waals surface area contributed by atoms with E-state index in [-0.39, 0.29) is 11.3 Å². The number of nitro groups is 1. The maximum atomic E-state index is 12.0. The predicted molar refractivity (Wildman–Crippen MR) is 93.4 cm³/mol. The Kier molecular flexibility index (Phi) is 6.53. The summed E-state index contributed by atoms with van der Waals surface area (Å²) in [6.07, 6.45) is 1.71. The lowest BCUT2D eigenvalue weighted by Crippen LogP contribution is -2.28. The van der Waals surface area contributed by atoms with Gasteiger partial charge in [-0.1, -0.05) is 30.3 Å². The monoisotopic (exact) mass is 360 g/mol. The van der Waals surface area contributed by atoms with Crippen LogP contribution in [0.3, 0.4) is 0 Å². The molecule has 0 radical (unpaired) electrons. The fourth-order valence-corrected chi connectivity index (χ4v) is 2.57. The predicted octanol–water partition coefficient (Wildman–Crippen LogP) is 2.79. The van der Waals surface area contributed by atoms with Crippen molar-refractivity contribution in [2.75, 3.05) is 12.9 Å². The maximum Gasteiger partial charge on any atom is 0.338 e. The van der Waals surface area contributed by atoms with Crippen molar-refractivity contribution in [3.05, 3.63) is 69.8 Å². The maximum absolute atomic E-state index is 12.0. The molecule has 0 aliphatic heterocycles. The van der Waals surface area contributed by atoms with Gasteiger partial charge >= 0.3 is 5.97 Å². The summed E-state index contributed by atoms with van der Waals surface area (Å²) in [5, 5.41) is 13.6.